The molecule has 1 rings (SSSR count). The Hall–Kier alpha value is -0.320. The fourth-order valence-corrected chi connectivity index (χ4v) is 2.57. The van der Waals surface area contributed by atoms with E-state index in [2.05, 4.69) is 11.8 Å². The topological polar surface area (TPSA) is 55.6 Å². The van der Waals surface area contributed by atoms with Gasteiger partial charge in [-0.15, -0.1) is 12.4 Å². The van der Waals surface area contributed by atoms with Crippen LogP contribution in [-0.4, -0.2) is 42.6 Å². The number of piperidine rings is 1. The van der Waals surface area contributed by atoms with Crippen molar-refractivity contribution in [3.63, 3.8) is 0 Å². The molecule has 0 saturated carbocycles. The molecule has 1 aliphatic heterocycles. The fourth-order valence-electron chi connectivity index (χ4n) is 2.57. The van der Waals surface area contributed by atoms with E-state index in [1.165, 1.54) is 0 Å². The van der Waals surface area contributed by atoms with Gasteiger partial charge in [0.2, 0.25) is 0 Å². The number of ether oxygens (including phenoxy) is 1. The quantitative estimate of drug-likeness (QED) is 0.780. The van der Waals surface area contributed by atoms with E-state index in [0.29, 0.717) is 12.5 Å². The number of hydrogen-bond donors (Lipinski definition) is 1. The lowest BCUT2D eigenvalue weighted by molar-refractivity contribution is -0.150. The number of nitrogens with zero attached hydrogens (tertiary/aromatic N) is 1. The van der Waals surface area contributed by atoms with Gasteiger partial charge in [0.15, 0.2) is 0 Å². The molecular weight excluding hydrogens is 252 g/mol. The molecule has 108 valence electrons. The molecule has 0 aliphatic carbocycles. The Balaban J connectivity index is 0.00000289. The van der Waals surface area contributed by atoms with E-state index in [4.69, 9.17) is 10.5 Å². The molecule has 5 heteroatoms. The molecule has 0 amide bonds. The minimum absolute atomic E-state index is 0. The number of likely N-dealkylation sites (tertiary alicyclic amines) is 1. The molecular formula is C13H27ClN2O2. The summed E-state index contributed by atoms with van der Waals surface area (Å²) in [5, 5.41) is 0. The number of nitrogens with two attached hydrogens (primary N) is 1. The van der Waals surface area contributed by atoms with Gasteiger partial charge in [-0.1, -0.05) is 6.92 Å². The van der Waals surface area contributed by atoms with Gasteiger partial charge >= 0.3 is 5.97 Å². The first-order valence-corrected chi connectivity index (χ1v) is 6.76. The third kappa shape index (κ3) is 4.75. The van der Waals surface area contributed by atoms with Gasteiger partial charge in [-0.25, -0.2) is 0 Å². The van der Waals surface area contributed by atoms with E-state index < -0.39 is 0 Å². The van der Waals surface area contributed by atoms with Gasteiger partial charge in [-0.05, 0) is 52.1 Å². The highest BCUT2D eigenvalue weighted by atomic mass is 35.5. The van der Waals surface area contributed by atoms with Crippen molar-refractivity contribution < 1.29 is 9.53 Å². The number of halogens is 1. The second-order valence-corrected chi connectivity index (χ2v) is 4.91. The van der Waals surface area contributed by atoms with Crippen molar-refractivity contribution in [3.05, 3.63) is 0 Å². The number of carbonyl (C=O) groups is 1. The first-order valence-electron chi connectivity index (χ1n) is 6.76. The zero-order chi connectivity index (χ0) is 12.8. The maximum atomic E-state index is 11.8. The fraction of sp³-hybridized carbons (Fsp3) is 0.923. The van der Waals surface area contributed by atoms with Gasteiger partial charge in [0.25, 0.3) is 0 Å². The molecule has 0 spiro atoms. The largest absolute Gasteiger partial charge is 0.465 e. The second kappa shape index (κ2) is 8.73. The van der Waals surface area contributed by atoms with E-state index in [9.17, 15) is 4.79 Å². The van der Waals surface area contributed by atoms with Gasteiger partial charge in [0, 0.05) is 6.04 Å². The minimum atomic E-state index is -0.0748. The molecule has 1 aliphatic rings. The summed E-state index contributed by atoms with van der Waals surface area (Å²) in [7, 11) is 0. The third-order valence-electron chi connectivity index (χ3n) is 3.70. The van der Waals surface area contributed by atoms with Gasteiger partial charge in [0.1, 0.15) is 6.04 Å². The zero-order valence-corrected chi connectivity index (χ0v) is 12.5. The van der Waals surface area contributed by atoms with Crippen LogP contribution in [-0.2, 0) is 9.53 Å². The smallest absolute Gasteiger partial charge is 0.323 e. The lowest BCUT2D eigenvalue weighted by Crippen LogP contribution is -2.48. The summed E-state index contributed by atoms with van der Waals surface area (Å²) in [6.07, 6.45) is 3.00. The molecule has 1 fully saturated rings. The summed E-state index contributed by atoms with van der Waals surface area (Å²) in [5.74, 6) is 0.528. The number of rotatable bonds is 5. The van der Waals surface area contributed by atoms with Gasteiger partial charge in [-0.3, -0.25) is 9.69 Å². The Kier molecular flexibility index (Phi) is 8.57. The van der Waals surface area contributed by atoms with Crippen LogP contribution in [0.25, 0.3) is 0 Å². The highest BCUT2D eigenvalue weighted by molar-refractivity contribution is 5.85. The zero-order valence-electron chi connectivity index (χ0n) is 11.7. The molecule has 0 aromatic heterocycles. The second-order valence-electron chi connectivity index (χ2n) is 4.91. The molecule has 18 heavy (non-hydrogen) atoms. The predicted molar refractivity (Wildman–Crippen MR) is 75.9 cm³/mol. The Labute approximate surface area is 117 Å². The maximum absolute atomic E-state index is 11.8. The summed E-state index contributed by atoms with van der Waals surface area (Å²) < 4.78 is 5.12. The first kappa shape index (κ1) is 17.7. The first-order chi connectivity index (χ1) is 8.10. The van der Waals surface area contributed by atoms with Crippen LogP contribution in [0.15, 0.2) is 0 Å². The SMILES string of the molecule is CCOC(=O)C(CC)N1CCC(C(C)N)CC1.Cl. The molecule has 0 radical (unpaired) electrons. The summed E-state index contributed by atoms with van der Waals surface area (Å²) in [6.45, 7) is 8.36. The van der Waals surface area contributed by atoms with Crippen LogP contribution in [0.5, 0.6) is 0 Å². The van der Waals surface area contributed by atoms with Crippen LogP contribution in [0.1, 0.15) is 40.0 Å². The highest BCUT2D eigenvalue weighted by Gasteiger charge is 2.30. The standard InChI is InChI=1S/C13H26N2O2.ClH/c1-4-12(13(16)17-5-2)15-8-6-11(7-9-15)10(3)14;/h10-12H,4-9,14H2,1-3H3;1H. The molecule has 1 saturated heterocycles. The predicted octanol–water partition coefficient (Wildman–Crippen LogP) is 1.81. The van der Waals surface area contributed by atoms with Crippen LogP contribution in [0.4, 0.5) is 0 Å². The molecule has 1 heterocycles. The molecule has 2 atom stereocenters. The average Bonchev–Trinajstić information content (AvgIpc) is 2.31. The molecule has 2 N–H and O–H groups in total. The molecule has 0 aromatic rings. The Morgan fingerprint density at radius 3 is 2.33 bits per heavy atom. The van der Waals surface area contributed by atoms with E-state index in [0.717, 1.165) is 32.4 Å². The van der Waals surface area contributed by atoms with Gasteiger partial charge < -0.3 is 10.5 Å². The molecule has 0 aromatic carbocycles. The molecule has 4 nitrogen and oxygen atoms in total. The van der Waals surface area contributed by atoms with Crippen molar-refractivity contribution in [1.29, 1.82) is 0 Å². The van der Waals surface area contributed by atoms with E-state index in [-0.39, 0.29) is 30.5 Å². The highest BCUT2D eigenvalue weighted by Crippen LogP contribution is 2.22. The van der Waals surface area contributed by atoms with Crippen molar-refractivity contribution in [1.82, 2.24) is 4.90 Å². The Morgan fingerprint density at radius 1 is 1.39 bits per heavy atom. The van der Waals surface area contributed by atoms with Crippen LogP contribution in [0, 0.1) is 5.92 Å². The normalized spacial score (nSPS) is 20.9. The summed E-state index contributed by atoms with van der Waals surface area (Å²) in [5.41, 5.74) is 5.92. The van der Waals surface area contributed by atoms with Crippen LogP contribution in [0.2, 0.25) is 0 Å². The monoisotopic (exact) mass is 278 g/mol. The number of esters is 1. The van der Waals surface area contributed by atoms with E-state index >= 15 is 0 Å². The van der Waals surface area contributed by atoms with Crippen molar-refractivity contribution in [2.75, 3.05) is 19.7 Å². The van der Waals surface area contributed by atoms with E-state index in [1.807, 2.05) is 13.8 Å². The van der Waals surface area contributed by atoms with Gasteiger partial charge in [0.05, 0.1) is 6.61 Å². The van der Waals surface area contributed by atoms with Gasteiger partial charge in [-0.2, -0.15) is 0 Å². The summed E-state index contributed by atoms with van der Waals surface area (Å²) in [6, 6.07) is 0.198. The lowest BCUT2D eigenvalue weighted by atomic mass is 9.90. The van der Waals surface area contributed by atoms with Crippen molar-refractivity contribution >= 4 is 18.4 Å². The number of hydrogen-bond acceptors (Lipinski definition) is 4. The van der Waals surface area contributed by atoms with Crippen molar-refractivity contribution in [2.45, 2.75) is 52.1 Å². The van der Waals surface area contributed by atoms with Crippen LogP contribution in [0.3, 0.4) is 0 Å². The third-order valence-corrected chi connectivity index (χ3v) is 3.70. The molecule has 2 unspecified atom stereocenters. The van der Waals surface area contributed by atoms with Crippen molar-refractivity contribution in [3.8, 4) is 0 Å². The number of carbonyl (C=O) groups excluding carboxylic acids is 1. The lowest BCUT2D eigenvalue weighted by Gasteiger charge is -2.37. The van der Waals surface area contributed by atoms with Crippen molar-refractivity contribution in [2.24, 2.45) is 11.7 Å². The summed E-state index contributed by atoms with van der Waals surface area (Å²) in [4.78, 5) is 14.0. The molecule has 0 bridgehead atoms. The van der Waals surface area contributed by atoms with Crippen LogP contribution >= 0.6 is 12.4 Å². The summed E-state index contributed by atoms with van der Waals surface area (Å²) >= 11 is 0. The average molecular weight is 279 g/mol. The van der Waals surface area contributed by atoms with E-state index in [1.54, 1.807) is 0 Å². The Bertz CT molecular complexity index is 241. The van der Waals surface area contributed by atoms with Crippen LogP contribution < -0.4 is 5.73 Å². The maximum Gasteiger partial charge on any atom is 0.323 e. The Morgan fingerprint density at radius 2 is 1.94 bits per heavy atom. The minimum Gasteiger partial charge on any atom is -0.465 e.